The Morgan fingerprint density at radius 2 is 0.569 bits per heavy atom. The van der Waals surface area contributed by atoms with Crippen LogP contribution in [-0.4, -0.2) is 369 Å². The number of fused-ring (bicyclic) bond motifs is 3. The van der Waals surface area contributed by atoms with Gasteiger partial charge in [-0.3, -0.25) is 0 Å². The first-order chi connectivity index (χ1) is 55.0. The van der Waals surface area contributed by atoms with Gasteiger partial charge in [-0.1, -0.05) is 104 Å². The molecular formula is C80H154Ac12B2O34P2. The SMILES string of the molecule is C.CB(P)O[C@@H]1C(CO)O[C@H](O[C@@H]2C(CO)O[C@@H](C)C(O)[C@H]2O)C(O)[C@H]1O.CC1OCC2O[C@@H](C)C(C)[C@@H](C)[C@@H]2O1.CC1OCC2O[C@@H](C)C(O)[C@@H](O)[C@@H]2O1.CC1OCC2O[C@H](C)C(C)[C@@H](C)[C@@H]2O1.CC[C@@H]1C[C@H](C)C(C)C(C)[C@@H]1O[C@@H]1OC(CO)[C@@H](O[C@H]2OC(CO)[C@@H](OB(C)P)[C@H](O)C2O)[C@H](O)C1O.CC[C@@H]1O[C@H](C)C(C)C(C)[C@@H]1O.[Ac].[Ac].[Ac].[Ac].[Ac].[Ac].[Ac].[Ac].[Ac].[Ac].[Ac].[Ac]. The minimum absolute atomic E-state index is 0. The molecule has 0 bridgehead atoms. The number of rotatable bonds is 16. The molecule has 12 radical (unpaired) electrons. The molecule has 34 nitrogen and oxygen atoms in total. The maximum absolute atomic E-state index is 11.0. The molecule has 15 N–H and O–H groups in total. The molecule has 12 fully saturated rings. The van der Waals surface area contributed by atoms with E-state index in [0.717, 1.165) is 19.3 Å². The molecule has 0 aromatic heterocycles. The Labute approximate surface area is 1210 Å². The van der Waals surface area contributed by atoms with Gasteiger partial charge in [-0.05, 0) is 127 Å². The summed E-state index contributed by atoms with van der Waals surface area (Å²) in [7, 11) is 4.76. The van der Waals surface area contributed by atoms with Gasteiger partial charge >= 0.3 is 13.3 Å². The van der Waals surface area contributed by atoms with Gasteiger partial charge in [0.2, 0.25) is 0 Å². The zero-order valence-electron chi connectivity index (χ0n) is 79.5. The molecule has 50 atom stereocenters. The topological polar surface area (TPSA) is 479 Å². The summed E-state index contributed by atoms with van der Waals surface area (Å²) in [5, 5.41) is 152. The minimum atomic E-state index is -1.59. The van der Waals surface area contributed by atoms with Crippen molar-refractivity contribution >= 4 is 31.5 Å². The van der Waals surface area contributed by atoms with E-state index < -0.39 is 167 Å². The van der Waals surface area contributed by atoms with Gasteiger partial charge in [0.15, 0.2) is 37.7 Å². The van der Waals surface area contributed by atoms with Crippen molar-refractivity contribution in [3.05, 3.63) is 0 Å². The second-order valence-corrected chi connectivity index (χ2v) is 36.6. The number of hydrogen-bond donors (Lipinski definition) is 15. The molecule has 0 aromatic rings. The summed E-state index contributed by atoms with van der Waals surface area (Å²) < 4.78 is 107. The van der Waals surface area contributed by atoms with E-state index in [1.165, 1.54) is 6.92 Å². The third kappa shape index (κ3) is 45.8. The predicted octanol–water partition coefficient (Wildman–Crippen LogP) is 1.37. The van der Waals surface area contributed by atoms with Crippen molar-refractivity contribution in [2.45, 2.75) is 405 Å². The summed E-state index contributed by atoms with van der Waals surface area (Å²) in [6.07, 6.45) is -24.7. The average molecular weight is 4470 g/mol. The van der Waals surface area contributed by atoms with Crippen LogP contribution in [0.25, 0.3) is 0 Å². The standard InChI is InChI=1S/C24H46BO11P.C14H28BO10P.2C11H20O3.C10H20O2.C9H16O5.CH4.12Ac/c1-6-13-7-10(2)11(3)12(4)20(13)34-23-18(30)16(28)21(14(8-26)32-23)35-24-19(31)17(29)22(36-25(5)37)15(9-27)33-24;1-5-8(18)9(19)12(6(3-16)22-5)24-14-11(21)10(20)13(25-15(2)26)7(4-17)23-14;2*1-6-7(2)11-10(13-8(6)3)5-12-9(4)14-11;1-5-9-10(11)7(3)6(2)8(4)12-9;1-4-7(10)8(11)9-6(13-4)3-12-5(2)14-9;;;;;;;;;;;;;/h10-24,26-31H,6-9,37H2,1-5H3;5-14,16-21H,3-4,26H2,1-2H3;2*6-11H,5H2,1-4H3;6-11H,5H2,1-4H3;4-11H,3H2,1-2H3;1H4;;;;;;;;;;;;/t10-,11?,12?,13+,14?,15?,16+,17+,18?,19?,20-,21+,22+,23-,24+;5-,6?,7?,8?,9+,10+,11?,12+,13+,14+;6?,7-,8+,9?,10?,11+;6?,7-,8-,9?,10?,11+;6?,7?,8-,9+,10+;4-,5?,6?,7?,8+,9+;;;;;;;;;;;;;/m001110............./s1. The quantitative estimate of drug-likeness (QED) is 0.0766. The first-order valence-electron chi connectivity index (χ1n) is 42.8. The van der Waals surface area contributed by atoms with Crippen molar-refractivity contribution in [2.75, 3.05) is 46.2 Å². The molecule has 11 heterocycles. The molecule has 1 saturated carbocycles. The van der Waals surface area contributed by atoms with E-state index in [1.807, 2.05) is 13.8 Å². The van der Waals surface area contributed by atoms with E-state index >= 15 is 0 Å². The van der Waals surface area contributed by atoms with Crippen LogP contribution in [0.2, 0.25) is 13.6 Å². The van der Waals surface area contributed by atoms with Crippen molar-refractivity contribution in [3.63, 3.8) is 0 Å². The Kier molecular flexibility index (Phi) is 98.1. The molecule has 130 heavy (non-hydrogen) atoms. The molecule has 730 valence electrons. The fourth-order valence-corrected chi connectivity index (χ4v) is 18.0. The van der Waals surface area contributed by atoms with Crippen LogP contribution in [0.15, 0.2) is 0 Å². The Balaban J connectivity index is -0.000000287. The number of hydrogen-bond acceptors (Lipinski definition) is 34. The Bertz CT molecular complexity index is 2740. The van der Waals surface area contributed by atoms with Crippen molar-refractivity contribution in [2.24, 2.45) is 59.2 Å². The molecule has 11 saturated heterocycles. The third-order valence-corrected chi connectivity index (χ3v) is 26.8. The summed E-state index contributed by atoms with van der Waals surface area (Å²) in [5.74, 6) is 4.44. The largest absolute Gasteiger partial charge is 0.424 e. The van der Waals surface area contributed by atoms with E-state index in [1.54, 1.807) is 27.5 Å². The van der Waals surface area contributed by atoms with Crippen LogP contribution in [0.1, 0.15) is 158 Å². The van der Waals surface area contributed by atoms with Crippen molar-refractivity contribution < 1.29 is 695 Å². The first-order valence-corrected chi connectivity index (χ1v) is 44.1. The Morgan fingerprint density at radius 3 is 0.923 bits per heavy atom. The van der Waals surface area contributed by atoms with Gasteiger partial charge in [-0.15, -0.1) is 18.2 Å². The van der Waals surface area contributed by atoms with Crippen LogP contribution < -0.4 is 0 Å². The molecular weight excluding hydrogens is 4310 g/mol. The fourth-order valence-electron chi connectivity index (χ4n) is 17.7. The van der Waals surface area contributed by atoms with E-state index in [9.17, 15) is 76.6 Å². The second kappa shape index (κ2) is 79.8. The molecule has 0 amide bonds. The fraction of sp³-hybridized carbons (Fsp3) is 1.00. The summed E-state index contributed by atoms with van der Waals surface area (Å²) in [5.41, 5.74) is 0. The third-order valence-electron chi connectivity index (χ3n) is 26.5. The molecule has 12 rings (SSSR count). The van der Waals surface area contributed by atoms with Gasteiger partial charge in [0.1, 0.15) is 122 Å². The maximum Gasteiger partial charge on any atom is 0.312 e. The van der Waals surface area contributed by atoms with Crippen LogP contribution in [0.3, 0.4) is 0 Å². The molecule has 1 aliphatic carbocycles. The molecule has 23 unspecified atom stereocenters. The van der Waals surface area contributed by atoms with Gasteiger partial charge in [-0.2, -0.15) is 0 Å². The van der Waals surface area contributed by atoms with Gasteiger partial charge in [0, 0.05) is 529 Å². The Hall–Kier alpha value is 16.9. The van der Waals surface area contributed by atoms with Crippen LogP contribution in [-0.2, 0) is 89.8 Å². The zero-order chi connectivity index (χ0) is 87.4. The molecule has 50 heteroatoms. The molecule has 11 aliphatic heterocycles. The van der Waals surface area contributed by atoms with Crippen molar-refractivity contribution in [1.82, 2.24) is 0 Å². The molecule has 0 spiro atoms. The predicted molar refractivity (Wildman–Crippen MR) is 438 cm³/mol. The normalized spacial score (nSPS) is 45.4. The zero-order valence-corrected chi connectivity index (χ0v) is 139. The van der Waals surface area contributed by atoms with Crippen LogP contribution in [0, 0.1) is 588 Å². The smallest absolute Gasteiger partial charge is 0.312 e. The maximum atomic E-state index is 11.0. The van der Waals surface area contributed by atoms with Crippen LogP contribution in [0.4, 0.5) is 0 Å². The number of aliphatic hydroxyl groups excluding tert-OH is 15. The number of ether oxygens (including phenoxy) is 17. The van der Waals surface area contributed by atoms with Crippen molar-refractivity contribution in [1.29, 1.82) is 0 Å². The summed E-state index contributed by atoms with van der Waals surface area (Å²) in [6.45, 7) is 41.5. The van der Waals surface area contributed by atoms with Gasteiger partial charge in [0.25, 0.3) is 0 Å². The van der Waals surface area contributed by atoms with Gasteiger partial charge in [0.05, 0.1) is 119 Å². The monoisotopic (exact) mass is 4470 g/mol. The molecule has 12 aliphatic rings. The van der Waals surface area contributed by atoms with Gasteiger partial charge < -0.3 is 166 Å². The molecule has 0 aromatic carbocycles. The van der Waals surface area contributed by atoms with Crippen LogP contribution >= 0.6 is 18.2 Å². The van der Waals surface area contributed by atoms with E-state index in [4.69, 9.17) is 89.8 Å². The van der Waals surface area contributed by atoms with Gasteiger partial charge in [-0.25, -0.2) is 0 Å². The van der Waals surface area contributed by atoms with Crippen LogP contribution in [0.5, 0.6) is 0 Å². The van der Waals surface area contributed by atoms with Crippen molar-refractivity contribution in [3.8, 4) is 0 Å². The minimum Gasteiger partial charge on any atom is -0.424 e. The number of aliphatic hydroxyl groups is 15. The average Bonchev–Trinajstić information content (AvgIpc) is 0.771. The summed E-state index contributed by atoms with van der Waals surface area (Å²) >= 11 is 0. The summed E-state index contributed by atoms with van der Waals surface area (Å²) in [6, 6.07) is 0. The Morgan fingerprint density at radius 1 is 0.285 bits per heavy atom. The first kappa shape index (κ1) is 160. The van der Waals surface area contributed by atoms with E-state index in [0.29, 0.717) is 79.4 Å². The second-order valence-electron chi connectivity index (χ2n) is 34.7. The summed E-state index contributed by atoms with van der Waals surface area (Å²) in [4.78, 5) is 0. The van der Waals surface area contributed by atoms with E-state index in [2.05, 4.69) is 115 Å². The van der Waals surface area contributed by atoms with E-state index in [-0.39, 0.29) is 641 Å².